The minimum absolute atomic E-state index is 0.123. The summed E-state index contributed by atoms with van der Waals surface area (Å²) in [5.74, 6) is -1.14. The number of carbonyl (C=O) groups is 1. The molecule has 2 rings (SSSR count). The highest BCUT2D eigenvalue weighted by Gasteiger charge is 2.50. The number of carboxylic acid groups (broad SMARTS) is 1. The molecule has 1 aromatic rings. The number of aliphatic hydroxyl groups is 1. The second-order valence-electron chi connectivity index (χ2n) is 6.35. The van der Waals surface area contributed by atoms with Gasteiger partial charge in [0.15, 0.2) is 0 Å². The van der Waals surface area contributed by atoms with Crippen molar-refractivity contribution in [2.24, 2.45) is 5.41 Å². The molecule has 2 N–H and O–H groups in total. The van der Waals surface area contributed by atoms with Gasteiger partial charge in [-0.1, -0.05) is 32.4 Å². The summed E-state index contributed by atoms with van der Waals surface area (Å²) in [6.07, 6.45) is 0.698. The number of rotatable bonds is 6. The van der Waals surface area contributed by atoms with Gasteiger partial charge in [-0.25, -0.2) is 8.42 Å². The Balaban J connectivity index is 2.34. The van der Waals surface area contributed by atoms with Gasteiger partial charge in [-0.3, -0.25) is 4.79 Å². The molecule has 1 aromatic carbocycles. The summed E-state index contributed by atoms with van der Waals surface area (Å²) in [7, 11) is -3.77. The summed E-state index contributed by atoms with van der Waals surface area (Å²) in [5.41, 5.74) is -0.405. The number of sulfonamides is 1. The maximum atomic E-state index is 12.9. The molecule has 6 nitrogen and oxygen atoms in total. The van der Waals surface area contributed by atoms with Gasteiger partial charge in [-0.05, 0) is 37.0 Å². The van der Waals surface area contributed by atoms with E-state index in [1.165, 1.54) is 4.31 Å². The highest BCUT2D eigenvalue weighted by molar-refractivity contribution is 7.89. The Morgan fingerprint density at radius 2 is 1.92 bits per heavy atom. The van der Waals surface area contributed by atoms with Gasteiger partial charge in [0.25, 0.3) is 0 Å². The predicted molar refractivity (Wildman–Crippen MR) is 90.2 cm³/mol. The van der Waals surface area contributed by atoms with Crippen LogP contribution in [0.25, 0.3) is 0 Å². The summed E-state index contributed by atoms with van der Waals surface area (Å²) in [4.78, 5) is 11.9. The molecule has 0 unspecified atom stereocenters. The fraction of sp³-hybridized carbons (Fsp3) is 0.588. The van der Waals surface area contributed by atoms with Crippen LogP contribution in [0.4, 0.5) is 0 Å². The maximum Gasteiger partial charge on any atom is 0.313 e. The molecule has 1 fully saturated rings. The number of aryl methyl sites for hydroxylation is 1. The fourth-order valence-electron chi connectivity index (χ4n) is 3.30. The predicted octanol–water partition coefficient (Wildman–Crippen LogP) is 1.88. The van der Waals surface area contributed by atoms with Crippen molar-refractivity contribution < 1.29 is 23.4 Å². The molecule has 0 aromatic heterocycles. The third kappa shape index (κ3) is 3.34. The molecular formula is C17H25NO5S. The molecule has 1 aliphatic rings. The van der Waals surface area contributed by atoms with Gasteiger partial charge in [0.05, 0.1) is 11.0 Å². The van der Waals surface area contributed by atoms with E-state index in [9.17, 15) is 23.4 Å². The number of piperidine rings is 1. The average molecular weight is 355 g/mol. The summed E-state index contributed by atoms with van der Waals surface area (Å²) < 4.78 is 26.9. The first-order valence-corrected chi connectivity index (χ1v) is 9.72. The Hall–Kier alpha value is -1.44. The number of aliphatic carboxylic acids is 1. The molecule has 0 saturated carbocycles. The van der Waals surface area contributed by atoms with Crippen LogP contribution in [0.1, 0.15) is 38.7 Å². The van der Waals surface area contributed by atoms with E-state index in [0.717, 1.165) is 12.0 Å². The molecule has 2 atom stereocenters. The number of nitrogens with zero attached hydrogens (tertiary/aromatic N) is 1. The zero-order valence-corrected chi connectivity index (χ0v) is 14.9. The first-order chi connectivity index (χ1) is 11.3. The zero-order valence-electron chi connectivity index (χ0n) is 14.1. The van der Waals surface area contributed by atoms with E-state index in [-0.39, 0.29) is 30.8 Å². The number of hydrogen-bond acceptors (Lipinski definition) is 4. The first kappa shape index (κ1) is 18.9. The minimum atomic E-state index is -3.77. The second-order valence-corrected chi connectivity index (χ2v) is 8.29. The van der Waals surface area contributed by atoms with Crippen LogP contribution in [0.5, 0.6) is 0 Å². The van der Waals surface area contributed by atoms with Crippen LogP contribution in [0.2, 0.25) is 0 Å². The zero-order chi connectivity index (χ0) is 18.0. The van der Waals surface area contributed by atoms with Crippen LogP contribution in [0.3, 0.4) is 0 Å². The van der Waals surface area contributed by atoms with Crippen molar-refractivity contribution in [3.05, 3.63) is 29.8 Å². The molecule has 24 heavy (non-hydrogen) atoms. The Bertz CT molecular complexity index is 685. The Morgan fingerprint density at radius 3 is 2.42 bits per heavy atom. The summed E-state index contributed by atoms with van der Waals surface area (Å²) in [5, 5.41) is 19.9. The monoisotopic (exact) mass is 355 g/mol. The average Bonchev–Trinajstić information content (AvgIpc) is 2.56. The van der Waals surface area contributed by atoms with Crippen LogP contribution < -0.4 is 0 Å². The number of carboxylic acids is 1. The topological polar surface area (TPSA) is 94.9 Å². The molecular weight excluding hydrogens is 330 g/mol. The Morgan fingerprint density at radius 1 is 1.29 bits per heavy atom. The van der Waals surface area contributed by atoms with Crippen LogP contribution in [0.15, 0.2) is 29.2 Å². The lowest BCUT2D eigenvalue weighted by atomic mass is 9.74. The Labute approximate surface area is 143 Å². The van der Waals surface area contributed by atoms with E-state index < -0.39 is 27.5 Å². The van der Waals surface area contributed by atoms with Gasteiger partial charge in [0.2, 0.25) is 10.0 Å². The van der Waals surface area contributed by atoms with Crippen LogP contribution in [-0.2, 0) is 21.2 Å². The minimum Gasteiger partial charge on any atom is -0.481 e. The van der Waals surface area contributed by atoms with E-state index in [4.69, 9.17) is 0 Å². The van der Waals surface area contributed by atoms with Crippen molar-refractivity contribution in [2.45, 2.75) is 50.5 Å². The molecule has 0 amide bonds. The third-order valence-corrected chi connectivity index (χ3v) is 6.70. The summed E-state index contributed by atoms with van der Waals surface area (Å²) in [6, 6.07) is 6.65. The van der Waals surface area contributed by atoms with E-state index in [1.54, 1.807) is 24.3 Å². The van der Waals surface area contributed by atoms with Crippen molar-refractivity contribution in [3.63, 3.8) is 0 Å². The Kier molecular flexibility index (Phi) is 5.67. The van der Waals surface area contributed by atoms with Crippen LogP contribution in [0, 0.1) is 5.41 Å². The molecule has 1 heterocycles. The van der Waals surface area contributed by atoms with Crippen molar-refractivity contribution in [2.75, 3.05) is 13.1 Å². The SMILES string of the molecule is CCC[C@]1(C(=O)O)CN(S(=O)(=O)c2ccc(CC)cc2)CC[C@@H]1O. The van der Waals surface area contributed by atoms with Crippen molar-refractivity contribution >= 4 is 16.0 Å². The molecule has 134 valence electrons. The van der Waals surface area contributed by atoms with E-state index in [1.807, 2.05) is 13.8 Å². The van der Waals surface area contributed by atoms with Gasteiger partial charge in [0, 0.05) is 13.1 Å². The highest BCUT2D eigenvalue weighted by Crippen LogP contribution is 2.37. The molecule has 0 radical (unpaired) electrons. The highest BCUT2D eigenvalue weighted by atomic mass is 32.2. The van der Waals surface area contributed by atoms with Crippen LogP contribution in [-0.4, -0.2) is 48.1 Å². The van der Waals surface area contributed by atoms with Gasteiger partial charge in [0.1, 0.15) is 5.41 Å². The fourth-order valence-corrected chi connectivity index (χ4v) is 4.83. The number of aliphatic hydroxyl groups excluding tert-OH is 1. The number of hydrogen-bond donors (Lipinski definition) is 2. The molecule has 7 heteroatoms. The quantitative estimate of drug-likeness (QED) is 0.812. The van der Waals surface area contributed by atoms with Crippen molar-refractivity contribution in [1.29, 1.82) is 0 Å². The summed E-state index contributed by atoms with van der Waals surface area (Å²) in [6.45, 7) is 3.74. The lowest BCUT2D eigenvalue weighted by Gasteiger charge is -2.42. The van der Waals surface area contributed by atoms with Crippen molar-refractivity contribution in [3.8, 4) is 0 Å². The van der Waals surface area contributed by atoms with Gasteiger partial charge >= 0.3 is 5.97 Å². The summed E-state index contributed by atoms with van der Waals surface area (Å²) >= 11 is 0. The first-order valence-electron chi connectivity index (χ1n) is 8.28. The number of benzene rings is 1. The van der Waals surface area contributed by atoms with E-state index in [0.29, 0.717) is 6.42 Å². The smallest absolute Gasteiger partial charge is 0.313 e. The normalized spacial score (nSPS) is 25.5. The third-order valence-electron chi connectivity index (χ3n) is 4.84. The molecule has 0 bridgehead atoms. The lowest BCUT2D eigenvalue weighted by molar-refractivity contribution is -0.161. The molecule has 1 aliphatic heterocycles. The van der Waals surface area contributed by atoms with Gasteiger partial charge in [-0.2, -0.15) is 4.31 Å². The van der Waals surface area contributed by atoms with Gasteiger partial charge in [-0.15, -0.1) is 0 Å². The largest absolute Gasteiger partial charge is 0.481 e. The van der Waals surface area contributed by atoms with E-state index >= 15 is 0 Å². The maximum absolute atomic E-state index is 12.9. The van der Waals surface area contributed by atoms with Crippen LogP contribution >= 0.6 is 0 Å². The second kappa shape index (κ2) is 7.21. The lowest BCUT2D eigenvalue weighted by Crippen LogP contribution is -2.57. The van der Waals surface area contributed by atoms with E-state index in [2.05, 4.69) is 0 Å². The molecule has 0 spiro atoms. The molecule has 0 aliphatic carbocycles. The standard InChI is InChI=1S/C17H25NO5S/c1-3-10-17(16(20)21)12-18(11-9-15(17)19)24(22,23)14-7-5-13(4-2)6-8-14/h5-8,15,19H,3-4,9-12H2,1-2H3,(H,20,21)/t15-,17-/m0/s1. The molecule has 1 saturated heterocycles. The van der Waals surface area contributed by atoms with Crippen molar-refractivity contribution in [1.82, 2.24) is 4.31 Å². The van der Waals surface area contributed by atoms with Gasteiger partial charge < -0.3 is 10.2 Å².